The summed E-state index contributed by atoms with van der Waals surface area (Å²) in [7, 11) is 0. The predicted molar refractivity (Wildman–Crippen MR) is 104 cm³/mol. The highest BCUT2D eigenvalue weighted by atomic mass is 16.5. The van der Waals surface area contributed by atoms with E-state index in [-0.39, 0.29) is 24.5 Å². The fourth-order valence-electron chi connectivity index (χ4n) is 3.54. The number of rotatable bonds is 5. The van der Waals surface area contributed by atoms with Gasteiger partial charge in [-0.15, -0.1) is 0 Å². The smallest absolute Gasteiger partial charge is 0.326 e. The molecule has 4 rings (SSSR count). The van der Waals surface area contributed by atoms with Crippen LogP contribution in [0, 0.1) is 0 Å². The summed E-state index contributed by atoms with van der Waals surface area (Å²) in [4.78, 5) is 41.1. The van der Waals surface area contributed by atoms with Crippen molar-refractivity contribution in [2.45, 2.75) is 32.2 Å². The number of aryl methyl sites for hydroxylation is 2. The van der Waals surface area contributed by atoms with Gasteiger partial charge < -0.3 is 4.74 Å². The van der Waals surface area contributed by atoms with Crippen molar-refractivity contribution in [1.82, 2.24) is 9.55 Å². The lowest BCUT2D eigenvalue weighted by Crippen LogP contribution is -2.26. The summed E-state index contributed by atoms with van der Waals surface area (Å²) >= 11 is 0. The van der Waals surface area contributed by atoms with Gasteiger partial charge in [0.05, 0.1) is 17.2 Å². The Morgan fingerprint density at radius 3 is 2.68 bits per heavy atom. The minimum Gasteiger partial charge on any atom is -0.456 e. The predicted octanol–water partition coefficient (Wildman–Crippen LogP) is 2.70. The Labute approximate surface area is 161 Å². The number of ketones is 1. The first-order valence-corrected chi connectivity index (χ1v) is 9.36. The molecule has 0 spiro atoms. The van der Waals surface area contributed by atoms with E-state index in [1.54, 1.807) is 30.3 Å². The number of aromatic nitrogens is 2. The zero-order chi connectivity index (χ0) is 19.5. The number of nitrogens with zero attached hydrogens (tertiary/aromatic N) is 2. The molecule has 0 unspecified atom stereocenters. The number of fused-ring (bicyclic) bond motifs is 2. The van der Waals surface area contributed by atoms with Crippen molar-refractivity contribution in [2.24, 2.45) is 0 Å². The van der Waals surface area contributed by atoms with Crippen LogP contribution in [0.3, 0.4) is 0 Å². The van der Waals surface area contributed by atoms with Gasteiger partial charge in [-0.05, 0) is 55.0 Å². The lowest BCUT2D eigenvalue weighted by molar-refractivity contribution is -0.143. The first kappa shape index (κ1) is 18.1. The average Bonchev–Trinajstić information content (AvgIpc) is 2.74. The van der Waals surface area contributed by atoms with Crippen molar-refractivity contribution in [3.63, 3.8) is 0 Å². The van der Waals surface area contributed by atoms with Gasteiger partial charge in [0.1, 0.15) is 6.54 Å². The maximum absolute atomic E-state index is 12.4. The molecule has 0 aliphatic heterocycles. The Hall–Kier alpha value is -3.28. The van der Waals surface area contributed by atoms with E-state index in [1.807, 2.05) is 12.1 Å². The number of carbonyl (C=O) groups is 2. The van der Waals surface area contributed by atoms with E-state index in [4.69, 9.17) is 4.74 Å². The van der Waals surface area contributed by atoms with Crippen molar-refractivity contribution in [3.8, 4) is 0 Å². The molecule has 1 heterocycles. The van der Waals surface area contributed by atoms with Crippen LogP contribution in [0.15, 0.2) is 53.6 Å². The molecule has 1 aromatic heterocycles. The summed E-state index contributed by atoms with van der Waals surface area (Å²) in [5, 5.41) is 0.433. The second-order valence-corrected chi connectivity index (χ2v) is 6.97. The number of Topliss-reactive ketones (excluding diaryl/α,β-unsaturated/α-hetero) is 1. The molecule has 0 fully saturated rings. The van der Waals surface area contributed by atoms with Crippen LogP contribution in [0.25, 0.3) is 10.9 Å². The Bertz CT molecular complexity index is 1120. The number of esters is 1. The van der Waals surface area contributed by atoms with Gasteiger partial charge in [-0.25, -0.2) is 4.98 Å². The zero-order valence-corrected chi connectivity index (χ0v) is 15.4. The van der Waals surface area contributed by atoms with Crippen molar-refractivity contribution in [3.05, 3.63) is 75.8 Å². The Kier molecular flexibility index (Phi) is 5.02. The number of para-hydroxylation sites is 1. The highest BCUT2D eigenvalue weighted by Gasteiger charge is 2.15. The van der Waals surface area contributed by atoms with Crippen LogP contribution in [0.1, 0.15) is 34.3 Å². The molecular formula is C22H20N2O4. The van der Waals surface area contributed by atoms with Gasteiger partial charge in [0.25, 0.3) is 5.56 Å². The van der Waals surface area contributed by atoms with E-state index >= 15 is 0 Å². The lowest BCUT2D eigenvalue weighted by Gasteiger charge is -2.16. The van der Waals surface area contributed by atoms with Crippen LogP contribution < -0.4 is 5.56 Å². The summed E-state index contributed by atoms with van der Waals surface area (Å²) in [6.07, 6.45) is 5.66. The van der Waals surface area contributed by atoms with Crippen molar-refractivity contribution < 1.29 is 14.3 Å². The number of hydrogen-bond acceptors (Lipinski definition) is 5. The van der Waals surface area contributed by atoms with Gasteiger partial charge >= 0.3 is 5.97 Å². The van der Waals surface area contributed by atoms with Gasteiger partial charge in [0.2, 0.25) is 0 Å². The summed E-state index contributed by atoms with van der Waals surface area (Å²) < 4.78 is 6.29. The Balaban J connectivity index is 1.40. The second-order valence-electron chi connectivity index (χ2n) is 6.97. The largest absolute Gasteiger partial charge is 0.456 e. The van der Waals surface area contributed by atoms with Crippen LogP contribution in [0.4, 0.5) is 0 Å². The summed E-state index contributed by atoms with van der Waals surface area (Å²) in [5.41, 5.74) is 3.31. The molecule has 0 saturated heterocycles. The number of ether oxygens (including phenoxy) is 1. The third-order valence-electron chi connectivity index (χ3n) is 5.07. The van der Waals surface area contributed by atoms with Gasteiger partial charge in [-0.2, -0.15) is 0 Å². The Morgan fingerprint density at radius 2 is 1.82 bits per heavy atom. The molecule has 0 amide bonds. The highest BCUT2D eigenvalue weighted by Crippen LogP contribution is 2.22. The van der Waals surface area contributed by atoms with Gasteiger partial charge in [0, 0.05) is 5.56 Å². The first-order chi connectivity index (χ1) is 13.6. The summed E-state index contributed by atoms with van der Waals surface area (Å²) in [5.74, 6) is -0.892. The topological polar surface area (TPSA) is 78.3 Å². The highest BCUT2D eigenvalue weighted by molar-refractivity contribution is 5.98. The first-order valence-electron chi connectivity index (χ1n) is 9.36. The molecule has 0 atom stereocenters. The van der Waals surface area contributed by atoms with Crippen LogP contribution in [0.5, 0.6) is 0 Å². The molecule has 2 aromatic carbocycles. The van der Waals surface area contributed by atoms with Gasteiger partial charge in [0.15, 0.2) is 12.4 Å². The summed E-state index contributed by atoms with van der Waals surface area (Å²) in [6, 6.07) is 12.6. The van der Waals surface area contributed by atoms with E-state index in [2.05, 4.69) is 4.98 Å². The number of carbonyl (C=O) groups excluding carboxylic acids is 2. The lowest BCUT2D eigenvalue weighted by atomic mass is 9.90. The molecule has 0 saturated carbocycles. The van der Waals surface area contributed by atoms with Crippen LogP contribution in [-0.2, 0) is 28.9 Å². The third-order valence-corrected chi connectivity index (χ3v) is 5.07. The molecule has 1 aliphatic carbocycles. The van der Waals surface area contributed by atoms with Gasteiger partial charge in [-0.3, -0.25) is 19.0 Å². The maximum Gasteiger partial charge on any atom is 0.326 e. The van der Waals surface area contributed by atoms with Crippen LogP contribution >= 0.6 is 0 Å². The van der Waals surface area contributed by atoms with Gasteiger partial charge in [-0.1, -0.05) is 24.3 Å². The summed E-state index contributed by atoms with van der Waals surface area (Å²) in [6.45, 7) is -0.623. The van der Waals surface area contributed by atoms with Crippen molar-refractivity contribution >= 4 is 22.7 Å². The van der Waals surface area contributed by atoms with E-state index < -0.39 is 5.97 Å². The fourth-order valence-corrected chi connectivity index (χ4v) is 3.54. The molecule has 1 aliphatic rings. The SMILES string of the molecule is O=C(Cn1cnc2ccccc2c1=O)OCC(=O)c1ccc2c(c1)CCCC2. The number of benzene rings is 2. The minimum absolute atomic E-state index is 0.245. The van der Waals surface area contributed by atoms with Crippen molar-refractivity contribution in [1.29, 1.82) is 0 Å². The van der Waals surface area contributed by atoms with E-state index in [1.165, 1.54) is 28.4 Å². The Morgan fingerprint density at radius 1 is 1.04 bits per heavy atom. The molecule has 0 bridgehead atoms. The zero-order valence-electron chi connectivity index (χ0n) is 15.4. The molecule has 3 aromatic rings. The standard InChI is InChI=1S/C22H20N2O4/c25-20(17-10-9-15-5-1-2-6-16(15)11-17)13-28-21(26)12-24-14-23-19-8-4-3-7-18(19)22(24)27/h3-4,7-11,14H,1-2,5-6,12-13H2. The van der Waals surface area contributed by atoms with E-state index in [0.29, 0.717) is 16.5 Å². The average molecular weight is 376 g/mol. The fraction of sp³-hybridized carbons (Fsp3) is 0.273. The molecule has 28 heavy (non-hydrogen) atoms. The van der Waals surface area contributed by atoms with Crippen LogP contribution in [-0.4, -0.2) is 27.9 Å². The van der Waals surface area contributed by atoms with E-state index in [0.717, 1.165) is 19.3 Å². The quantitative estimate of drug-likeness (QED) is 0.505. The molecule has 142 valence electrons. The van der Waals surface area contributed by atoms with Crippen molar-refractivity contribution in [2.75, 3.05) is 6.61 Å². The normalized spacial score (nSPS) is 13.1. The third kappa shape index (κ3) is 3.71. The molecule has 6 heteroatoms. The molecular weight excluding hydrogens is 356 g/mol. The second kappa shape index (κ2) is 7.76. The van der Waals surface area contributed by atoms with E-state index in [9.17, 15) is 14.4 Å². The maximum atomic E-state index is 12.4. The molecule has 0 radical (unpaired) electrons. The van der Waals surface area contributed by atoms with Crippen LogP contribution in [0.2, 0.25) is 0 Å². The molecule has 6 nitrogen and oxygen atoms in total. The number of hydrogen-bond donors (Lipinski definition) is 0. The monoisotopic (exact) mass is 376 g/mol. The molecule has 0 N–H and O–H groups in total. The minimum atomic E-state index is -0.648.